The Morgan fingerprint density at radius 2 is 2.03 bits per heavy atom. The normalized spacial score (nSPS) is 12.0. The van der Waals surface area contributed by atoms with Crippen molar-refractivity contribution in [2.45, 2.75) is 12.6 Å². The third-order valence-electron chi connectivity index (χ3n) is 4.31. The van der Waals surface area contributed by atoms with E-state index >= 15 is 0 Å². The maximum Gasteiger partial charge on any atom is 0.416 e. The second-order valence-electron chi connectivity index (χ2n) is 6.66. The van der Waals surface area contributed by atoms with E-state index in [2.05, 4.69) is 10.3 Å². The highest BCUT2D eigenvalue weighted by Crippen LogP contribution is 2.30. The van der Waals surface area contributed by atoms with E-state index in [1.165, 1.54) is 35.8 Å². The molecule has 0 saturated heterocycles. The van der Waals surface area contributed by atoms with Crippen LogP contribution in [0.4, 0.5) is 18.3 Å². The zero-order chi connectivity index (χ0) is 22.0. The van der Waals surface area contributed by atoms with Gasteiger partial charge in [0.15, 0.2) is 5.13 Å². The van der Waals surface area contributed by atoms with E-state index in [1.807, 2.05) is 0 Å². The van der Waals surface area contributed by atoms with Crippen LogP contribution in [0, 0.1) is 0 Å². The van der Waals surface area contributed by atoms with Gasteiger partial charge in [0, 0.05) is 34.0 Å². The van der Waals surface area contributed by atoms with Crippen LogP contribution in [0.5, 0.6) is 0 Å². The second-order valence-corrected chi connectivity index (χ2v) is 8.21. The van der Waals surface area contributed by atoms with Crippen molar-refractivity contribution in [3.63, 3.8) is 0 Å². The molecule has 0 radical (unpaired) electrons. The monoisotopic (exact) mass is 462 g/mol. The Morgan fingerprint density at radius 1 is 1.19 bits per heavy atom. The molecule has 0 saturated carbocycles. The average molecular weight is 463 g/mol. The first-order valence-electron chi connectivity index (χ1n) is 9.05. The van der Waals surface area contributed by atoms with Gasteiger partial charge in [0.1, 0.15) is 11.3 Å². The third-order valence-corrected chi connectivity index (χ3v) is 5.46. The van der Waals surface area contributed by atoms with Gasteiger partial charge in [-0.25, -0.2) is 4.98 Å². The van der Waals surface area contributed by atoms with Crippen molar-refractivity contribution in [1.82, 2.24) is 4.98 Å². The molecule has 0 aliphatic rings. The number of nitrogens with zero attached hydrogens (tertiary/aromatic N) is 1. The van der Waals surface area contributed by atoms with Gasteiger partial charge in [0.25, 0.3) is 0 Å². The number of aromatic nitrogens is 1. The molecule has 2 aromatic heterocycles. The van der Waals surface area contributed by atoms with Crippen molar-refractivity contribution in [3.8, 4) is 0 Å². The number of benzene rings is 2. The zero-order valence-electron chi connectivity index (χ0n) is 15.7. The summed E-state index contributed by atoms with van der Waals surface area (Å²) < 4.78 is 44.2. The number of nitrogens with one attached hydrogen (secondary N) is 1. The number of furan rings is 1. The molecule has 31 heavy (non-hydrogen) atoms. The topological polar surface area (TPSA) is 55.1 Å². The Bertz CT molecular complexity index is 1280. The Labute approximate surface area is 184 Å². The molecule has 4 rings (SSSR count). The summed E-state index contributed by atoms with van der Waals surface area (Å²) in [4.78, 5) is 17.0. The van der Waals surface area contributed by atoms with Crippen LogP contribution < -0.4 is 5.32 Å². The number of thiazole rings is 1. The van der Waals surface area contributed by atoms with Crippen LogP contribution in [0.1, 0.15) is 21.8 Å². The Kier molecular flexibility index (Phi) is 5.84. The summed E-state index contributed by atoms with van der Waals surface area (Å²) >= 11 is 7.15. The maximum absolute atomic E-state index is 12.9. The van der Waals surface area contributed by atoms with Gasteiger partial charge in [-0.3, -0.25) is 10.1 Å². The first-order chi connectivity index (χ1) is 14.8. The van der Waals surface area contributed by atoms with Gasteiger partial charge < -0.3 is 4.42 Å². The van der Waals surface area contributed by atoms with Gasteiger partial charge in [-0.05, 0) is 42.0 Å². The number of rotatable bonds is 5. The number of alkyl halides is 3. The molecule has 0 atom stereocenters. The van der Waals surface area contributed by atoms with E-state index < -0.39 is 17.6 Å². The average Bonchev–Trinajstić information content (AvgIpc) is 3.32. The van der Waals surface area contributed by atoms with Crippen LogP contribution >= 0.6 is 22.9 Å². The SMILES string of the molecule is O=C(/C=C/c1cc2cc(Cl)ccc2o1)Nc1ncc(Cc2cccc(C(F)(F)F)c2)s1. The minimum atomic E-state index is -4.39. The lowest BCUT2D eigenvalue weighted by Crippen LogP contribution is -2.06. The highest BCUT2D eigenvalue weighted by molar-refractivity contribution is 7.15. The lowest BCUT2D eigenvalue weighted by molar-refractivity contribution is -0.137. The molecule has 1 amide bonds. The van der Waals surface area contributed by atoms with Gasteiger partial charge >= 0.3 is 6.18 Å². The highest BCUT2D eigenvalue weighted by atomic mass is 35.5. The summed E-state index contributed by atoms with van der Waals surface area (Å²) in [5, 5.41) is 4.41. The maximum atomic E-state index is 12.9. The predicted octanol–water partition coefficient (Wildman–Crippen LogP) is 6.80. The highest BCUT2D eigenvalue weighted by Gasteiger charge is 2.30. The molecule has 0 spiro atoms. The summed E-state index contributed by atoms with van der Waals surface area (Å²) in [6.45, 7) is 0. The number of hydrogen-bond donors (Lipinski definition) is 1. The fourth-order valence-corrected chi connectivity index (χ4v) is 3.96. The van der Waals surface area contributed by atoms with Crippen molar-refractivity contribution in [2.75, 3.05) is 5.32 Å². The smallest absolute Gasteiger partial charge is 0.416 e. The third kappa shape index (κ3) is 5.34. The van der Waals surface area contributed by atoms with Crippen molar-refractivity contribution in [2.24, 2.45) is 0 Å². The fraction of sp³-hybridized carbons (Fsp3) is 0.0909. The number of amides is 1. The minimum absolute atomic E-state index is 0.287. The molecule has 4 nitrogen and oxygen atoms in total. The number of halogens is 4. The molecule has 0 aliphatic carbocycles. The molecular weight excluding hydrogens is 449 g/mol. The summed E-state index contributed by atoms with van der Waals surface area (Å²) in [6, 6.07) is 12.1. The predicted molar refractivity (Wildman–Crippen MR) is 115 cm³/mol. The zero-order valence-corrected chi connectivity index (χ0v) is 17.3. The molecule has 0 bridgehead atoms. The second kappa shape index (κ2) is 8.56. The molecule has 0 fully saturated rings. The van der Waals surface area contributed by atoms with E-state index in [9.17, 15) is 18.0 Å². The van der Waals surface area contributed by atoms with E-state index in [0.717, 1.165) is 22.4 Å². The summed E-state index contributed by atoms with van der Waals surface area (Å²) in [7, 11) is 0. The Hall–Kier alpha value is -3.10. The van der Waals surface area contributed by atoms with Crippen LogP contribution in [0.2, 0.25) is 5.02 Å². The molecule has 158 valence electrons. The molecule has 9 heteroatoms. The van der Waals surface area contributed by atoms with E-state index in [0.29, 0.717) is 27.1 Å². The molecular formula is C22H14ClF3N2O2S. The van der Waals surface area contributed by atoms with Gasteiger partial charge in [-0.2, -0.15) is 13.2 Å². The van der Waals surface area contributed by atoms with Gasteiger partial charge in [-0.1, -0.05) is 29.8 Å². The Morgan fingerprint density at radius 3 is 2.84 bits per heavy atom. The first-order valence-corrected chi connectivity index (χ1v) is 10.2. The number of anilines is 1. The van der Waals surface area contributed by atoms with E-state index in [4.69, 9.17) is 16.0 Å². The van der Waals surface area contributed by atoms with Gasteiger partial charge in [0.2, 0.25) is 5.91 Å². The van der Waals surface area contributed by atoms with E-state index in [1.54, 1.807) is 30.3 Å². The molecule has 0 unspecified atom stereocenters. The van der Waals surface area contributed by atoms with Crippen LogP contribution in [0.3, 0.4) is 0 Å². The lowest BCUT2D eigenvalue weighted by Gasteiger charge is -2.07. The number of hydrogen-bond acceptors (Lipinski definition) is 4. The summed E-state index contributed by atoms with van der Waals surface area (Å²) in [5.74, 6) is 0.0928. The fourth-order valence-electron chi connectivity index (χ4n) is 2.93. The van der Waals surface area contributed by atoms with Crippen molar-refractivity contribution in [1.29, 1.82) is 0 Å². The summed E-state index contributed by atoms with van der Waals surface area (Å²) in [6.07, 6.45) is 0.275. The van der Waals surface area contributed by atoms with E-state index in [-0.39, 0.29) is 6.42 Å². The van der Waals surface area contributed by atoms with Crippen LogP contribution in [-0.4, -0.2) is 10.9 Å². The van der Waals surface area contributed by atoms with Crippen LogP contribution in [-0.2, 0) is 17.4 Å². The largest absolute Gasteiger partial charge is 0.457 e. The summed E-state index contributed by atoms with van der Waals surface area (Å²) in [5.41, 5.74) is 0.478. The standard InChI is InChI=1S/C22H14ClF3N2O2S/c23-16-4-6-19-14(10-16)11-17(30-19)5-7-20(29)28-21-27-12-18(31-21)9-13-2-1-3-15(8-13)22(24,25)26/h1-8,10-12H,9H2,(H,27,28,29)/b7-5+. The first kappa shape index (κ1) is 21.1. The van der Waals surface area contributed by atoms with Crippen LogP contribution in [0.15, 0.2) is 65.2 Å². The minimum Gasteiger partial charge on any atom is -0.457 e. The quantitative estimate of drug-likeness (QED) is 0.332. The molecule has 0 aliphatic heterocycles. The molecule has 4 aromatic rings. The van der Waals surface area contributed by atoms with Crippen molar-refractivity contribution >= 4 is 51.0 Å². The number of carbonyl (C=O) groups is 1. The number of fused-ring (bicyclic) bond motifs is 1. The Balaban J connectivity index is 1.39. The van der Waals surface area contributed by atoms with Crippen LogP contribution in [0.25, 0.3) is 17.0 Å². The molecule has 1 N–H and O–H groups in total. The lowest BCUT2D eigenvalue weighted by atomic mass is 10.1. The number of carbonyl (C=O) groups excluding carboxylic acids is 1. The van der Waals surface area contributed by atoms with Crippen molar-refractivity contribution < 1.29 is 22.4 Å². The van der Waals surface area contributed by atoms with Crippen molar-refractivity contribution in [3.05, 3.63) is 87.6 Å². The van der Waals surface area contributed by atoms with Gasteiger partial charge in [-0.15, -0.1) is 11.3 Å². The van der Waals surface area contributed by atoms with Gasteiger partial charge in [0.05, 0.1) is 5.56 Å². The molecule has 2 heterocycles. The molecule has 2 aromatic carbocycles.